The predicted octanol–water partition coefficient (Wildman–Crippen LogP) is 7.52. The molecule has 70 heavy (non-hydrogen) atoms. The normalized spacial score (nSPS) is 10.9. The molecule has 24 nitrogen and oxygen atoms in total. The topological polar surface area (TPSA) is 448 Å². The summed E-state index contributed by atoms with van der Waals surface area (Å²) < 4.78 is 0. The van der Waals surface area contributed by atoms with Crippen molar-refractivity contribution in [2.45, 2.75) is 200 Å². The van der Waals surface area contributed by atoms with Crippen LogP contribution in [0, 0.1) is 17.8 Å². The minimum atomic E-state index is -1.27. The molecule has 0 amide bonds. The lowest BCUT2D eigenvalue weighted by Crippen LogP contribution is -2.23. The maximum atomic E-state index is 10.6. The van der Waals surface area contributed by atoms with Gasteiger partial charge in [-0.15, -0.1) is 0 Å². The van der Waals surface area contributed by atoms with Crippen molar-refractivity contribution in [3.63, 3.8) is 0 Å². The molecule has 0 fully saturated rings. The second-order valence-corrected chi connectivity index (χ2v) is 16.1. The standard InChI is InChI=1S/C14H26O4.C10H18O4.C9H14O6.C7H10O6.C6H10O4/c1-2-3-4-5-6-7-8-9-10-11-12(13(15)16)14(17)18;11-9(12)7-5-3-1-2-4-6-8-10(13)14;10-7(11)3-1-2-6(9(14)15)4-5-8(12)13;8-5(9)2-1-4(7(12)13)3-6(10)11;7-5(8)3-1-2-4-6(9)10/h12H,2-11H2,1H3,(H,15,16)(H,17,18);1-8H2,(H,11,12)(H,13,14);6H,1-5H2,(H,10,11)(H,12,13)(H,14,15);4H,1-3H2,(H,8,9)(H,10,11)(H,12,13);1-4H2,(H,7,8)(H,9,10). The summed E-state index contributed by atoms with van der Waals surface area (Å²) in [7, 11) is 0. The third kappa shape index (κ3) is 65.9. The molecule has 0 radical (unpaired) electrons. The van der Waals surface area contributed by atoms with E-state index >= 15 is 0 Å². The number of carbonyl (C=O) groups is 12. The Bertz CT molecular complexity index is 1480. The first kappa shape index (κ1) is 72.6. The van der Waals surface area contributed by atoms with Gasteiger partial charge >= 0.3 is 71.6 Å². The first-order valence-electron chi connectivity index (χ1n) is 23.4. The minimum absolute atomic E-state index is 0.0459. The van der Waals surface area contributed by atoms with E-state index in [1.165, 1.54) is 38.5 Å². The van der Waals surface area contributed by atoms with Crippen molar-refractivity contribution >= 4 is 71.6 Å². The molecular formula is C46H78O24. The van der Waals surface area contributed by atoms with Crippen molar-refractivity contribution in [1.82, 2.24) is 0 Å². The first-order valence-corrected chi connectivity index (χ1v) is 23.4. The largest absolute Gasteiger partial charge is 0.481 e. The van der Waals surface area contributed by atoms with E-state index in [0.29, 0.717) is 19.3 Å². The van der Waals surface area contributed by atoms with E-state index in [1.54, 1.807) is 0 Å². The molecule has 0 aliphatic carbocycles. The van der Waals surface area contributed by atoms with E-state index in [0.717, 1.165) is 51.4 Å². The van der Waals surface area contributed by atoms with Crippen LogP contribution in [-0.2, 0) is 57.5 Å². The second kappa shape index (κ2) is 50.5. The molecule has 0 aromatic carbocycles. The third-order valence-corrected chi connectivity index (χ3v) is 9.73. The molecule has 2 unspecified atom stereocenters. The van der Waals surface area contributed by atoms with Crippen molar-refractivity contribution in [2.75, 3.05) is 0 Å². The molecule has 0 saturated carbocycles. The van der Waals surface area contributed by atoms with Gasteiger partial charge in [-0.1, -0.05) is 90.4 Å². The lowest BCUT2D eigenvalue weighted by Gasteiger charge is -2.09. The molecule has 406 valence electrons. The number of carboxylic acids is 12. The number of hydrogen-bond donors (Lipinski definition) is 12. The van der Waals surface area contributed by atoms with Crippen LogP contribution in [0.3, 0.4) is 0 Å². The van der Waals surface area contributed by atoms with Gasteiger partial charge in [0.15, 0.2) is 5.92 Å². The van der Waals surface area contributed by atoms with Crippen LogP contribution in [0.4, 0.5) is 0 Å². The molecule has 0 rings (SSSR count). The van der Waals surface area contributed by atoms with Crippen LogP contribution in [-0.4, -0.2) is 133 Å². The van der Waals surface area contributed by atoms with Gasteiger partial charge in [-0.25, -0.2) is 0 Å². The van der Waals surface area contributed by atoms with Crippen molar-refractivity contribution in [3.8, 4) is 0 Å². The zero-order valence-electron chi connectivity index (χ0n) is 40.2. The van der Waals surface area contributed by atoms with Gasteiger partial charge in [-0.3, -0.25) is 57.5 Å². The summed E-state index contributed by atoms with van der Waals surface area (Å²) in [4.78, 5) is 123. The van der Waals surface area contributed by atoms with Gasteiger partial charge in [0, 0.05) is 44.9 Å². The molecule has 0 aromatic rings. The zero-order chi connectivity index (χ0) is 54.9. The van der Waals surface area contributed by atoms with Crippen molar-refractivity contribution in [1.29, 1.82) is 0 Å². The molecule has 12 N–H and O–H groups in total. The van der Waals surface area contributed by atoms with Crippen LogP contribution in [0.5, 0.6) is 0 Å². The zero-order valence-corrected chi connectivity index (χ0v) is 40.2. The quantitative estimate of drug-likeness (QED) is 0.0208. The fraction of sp³-hybridized carbons (Fsp3) is 0.739. The molecule has 0 aliphatic rings. The maximum absolute atomic E-state index is 10.6. The van der Waals surface area contributed by atoms with Crippen molar-refractivity contribution in [3.05, 3.63) is 0 Å². The average Bonchev–Trinajstić information content (AvgIpc) is 3.23. The van der Waals surface area contributed by atoms with E-state index in [9.17, 15) is 57.5 Å². The molecule has 0 aromatic heterocycles. The molecular weight excluding hydrogens is 936 g/mol. The highest BCUT2D eigenvalue weighted by Gasteiger charge is 2.25. The summed E-state index contributed by atoms with van der Waals surface area (Å²) in [6, 6.07) is 0. The Kier molecular flexibility index (Phi) is 52.4. The van der Waals surface area contributed by atoms with Crippen LogP contribution >= 0.6 is 0 Å². The smallest absolute Gasteiger partial charge is 0.317 e. The first-order chi connectivity index (χ1) is 32.7. The molecule has 0 bridgehead atoms. The van der Waals surface area contributed by atoms with Gasteiger partial charge in [0.25, 0.3) is 0 Å². The Morgan fingerprint density at radius 3 is 0.814 bits per heavy atom. The monoisotopic (exact) mass is 1010 g/mol. The minimum Gasteiger partial charge on any atom is -0.481 e. The summed E-state index contributed by atoms with van der Waals surface area (Å²) in [5.41, 5.74) is 0. The van der Waals surface area contributed by atoms with Gasteiger partial charge in [0.2, 0.25) is 0 Å². The van der Waals surface area contributed by atoms with Gasteiger partial charge < -0.3 is 61.3 Å². The van der Waals surface area contributed by atoms with Gasteiger partial charge in [0.1, 0.15) is 0 Å². The fourth-order valence-electron chi connectivity index (χ4n) is 5.83. The number of aliphatic carboxylic acids is 12. The lowest BCUT2D eigenvalue weighted by atomic mass is 9.97. The third-order valence-electron chi connectivity index (χ3n) is 9.73. The summed E-state index contributed by atoms with van der Waals surface area (Å²) in [5.74, 6) is -15.5. The average molecular weight is 1020 g/mol. The molecule has 0 spiro atoms. The molecule has 0 saturated heterocycles. The summed E-state index contributed by atoms with van der Waals surface area (Å²) >= 11 is 0. The highest BCUT2D eigenvalue weighted by Crippen LogP contribution is 2.16. The molecule has 0 heterocycles. The van der Waals surface area contributed by atoms with Gasteiger partial charge in [-0.05, 0) is 57.8 Å². The van der Waals surface area contributed by atoms with Gasteiger partial charge in [-0.2, -0.15) is 0 Å². The predicted molar refractivity (Wildman–Crippen MR) is 246 cm³/mol. The highest BCUT2D eigenvalue weighted by molar-refractivity contribution is 5.92. The SMILES string of the molecule is CCCCCCCCCCCC(C(=O)O)C(=O)O.O=C(O)CCC(CC(=O)O)C(=O)O.O=C(O)CCCC(CCC(=O)O)C(=O)O.O=C(O)CCCCC(=O)O.O=C(O)CCCCCCCCC(=O)O. The van der Waals surface area contributed by atoms with Crippen LogP contribution in [0.2, 0.25) is 0 Å². The van der Waals surface area contributed by atoms with Crippen LogP contribution in [0.1, 0.15) is 200 Å². The van der Waals surface area contributed by atoms with Crippen LogP contribution in [0.15, 0.2) is 0 Å². The Morgan fingerprint density at radius 1 is 0.257 bits per heavy atom. The maximum Gasteiger partial charge on any atom is 0.317 e. The second-order valence-electron chi connectivity index (χ2n) is 16.1. The Morgan fingerprint density at radius 2 is 0.529 bits per heavy atom. The number of unbranched alkanes of at least 4 members (excludes halogenated alkanes) is 14. The Hall–Kier alpha value is -6.36. The molecule has 0 aliphatic heterocycles. The summed E-state index contributed by atoms with van der Waals surface area (Å²) in [5, 5.41) is 101. The number of hydrogen-bond acceptors (Lipinski definition) is 12. The molecule has 2 atom stereocenters. The van der Waals surface area contributed by atoms with E-state index < -0.39 is 95.8 Å². The van der Waals surface area contributed by atoms with E-state index in [1.807, 2.05) is 0 Å². The lowest BCUT2D eigenvalue weighted by molar-refractivity contribution is -0.155. The highest BCUT2D eigenvalue weighted by atomic mass is 16.4. The van der Waals surface area contributed by atoms with Crippen LogP contribution < -0.4 is 0 Å². The number of rotatable bonds is 40. The van der Waals surface area contributed by atoms with Crippen molar-refractivity contribution < 1.29 is 119 Å². The summed E-state index contributed by atoms with van der Waals surface area (Å²) in [6.45, 7) is 2.20. The van der Waals surface area contributed by atoms with Gasteiger partial charge in [0.05, 0.1) is 18.3 Å². The fourth-order valence-corrected chi connectivity index (χ4v) is 5.83. The van der Waals surface area contributed by atoms with Crippen molar-refractivity contribution in [2.24, 2.45) is 17.8 Å². The Labute approximate surface area is 407 Å². The molecule has 24 heteroatoms. The number of carboxylic acid groups (broad SMARTS) is 12. The van der Waals surface area contributed by atoms with E-state index in [2.05, 4.69) is 6.92 Å². The van der Waals surface area contributed by atoms with Crippen LogP contribution in [0.25, 0.3) is 0 Å². The van der Waals surface area contributed by atoms with E-state index in [4.69, 9.17) is 61.3 Å². The summed E-state index contributed by atoms with van der Waals surface area (Å²) in [6.07, 6.45) is 16.5. The van der Waals surface area contributed by atoms with E-state index in [-0.39, 0.29) is 77.0 Å². The Balaban J connectivity index is -0.000000254.